The molecule has 1 aliphatic rings. The summed E-state index contributed by atoms with van der Waals surface area (Å²) in [5.74, 6) is 0. The van der Waals surface area contributed by atoms with E-state index in [4.69, 9.17) is 0 Å². The monoisotopic (exact) mass is 253 g/mol. The van der Waals surface area contributed by atoms with Gasteiger partial charge in [-0.25, -0.2) is 0 Å². The van der Waals surface area contributed by atoms with Crippen molar-refractivity contribution in [1.29, 1.82) is 0 Å². The second kappa shape index (κ2) is 4.88. The predicted octanol–water partition coefficient (Wildman–Crippen LogP) is 5.22. The Balaban J connectivity index is 1.72. The maximum atomic E-state index is 3.71. The van der Waals surface area contributed by atoms with Crippen LogP contribution in [0.2, 0.25) is 0 Å². The van der Waals surface area contributed by atoms with Crippen molar-refractivity contribution >= 4 is 16.5 Å². The fourth-order valence-corrected chi connectivity index (χ4v) is 3.06. The van der Waals surface area contributed by atoms with Crippen LogP contribution in [-0.4, -0.2) is 6.04 Å². The van der Waals surface area contributed by atoms with Crippen LogP contribution in [0.15, 0.2) is 42.5 Å². The van der Waals surface area contributed by atoms with Crippen LogP contribution in [-0.2, 0) is 0 Å². The minimum Gasteiger partial charge on any atom is -0.382 e. The molecular weight excluding hydrogens is 230 g/mol. The normalized spacial score (nSPS) is 19.5. The van der Waals surface area contributed by atoms with Crippen LogP contribution in [0, 0.1) is 5.41 Å². The van der Waals surface area contributed by atoms with Gasteiger partial charge in [0.25, 0.3) is 0 Å². The van der Waals surface area contributed by atoms with Gasteiger partial charge in [-0.15, -0.1) is 0 Å². The fraction of sp³-hybridized carbons (Fsp3) is 0.444. The summed E-state index contributed by atoms with van der Waals surface area (Å²) in [6.45, 7) is 4.78. The van der Waals surface area contributed by atoms with E-state index in [2.05, 4.69) is 61.6 Å². The van der Waals surface area contributed by atoms with Gasteiger partial charge in [0.05, 0.1) is 0 Å². The zero-order chi connectivity index (χ0) is 13.3. The van der Waals surface area contributed by atoms with E-state index in [1.165, 1.54) is 42.1 Å². The molecule has 19 heavy (non-hydrogen) atoms. The first kappa shape index (κ1) is 12.5. The first-order valence-corrected chi connectivity index (χ1v) is 7.38. The van der Waals surface area contributed by atoms with Crippen LogP contribution in [0.3, 0.4) is 0 Å². The summed E-state index contributed by atoms with van der Waals surface area (Å²) in [7, 11) is 0. The summed E-state index contributed by atoms with van der Waals surface area (Å²) in [4.78, 5) is 0. The molecule has 0 amide bonds. The molecule has 2 aromatic rings. The summed E-state index contributed by atoms with van der Waals surface area (Å²) in [5, 5.41) is 6.35. The predicted molar refractivity (Wildman–Crippen MR) is 83.6 cm³/mol. The lowest BCUT2D eigenvalue weighted by Crippen LogP contribution is -2.29. The molecule has 0 spiro atoms. The van der Waals surface area contributed by atoms with Gasteiger partial charge in [0.2, 0.25) is 0 Å². The Morgan fingerprint density at radius 2 is 1.63 bits per heavy atom. The zero-order valence-corrected chi connectivity index (χ0v) is 11.9. The number of fused-ring (bicyclic) bond motifs is 1. The van der Waals surface area contributed by atoms with Gasteiger partial charge in [-0.05, 0) is 54.0 Å². The van der Waals surface area contributed by atoms with Crippen molar-refractivity contribution in [2.45, 2.75) is 45.6 Å². The van der Waals surface area contributed by atoms with Crippen LogP contribution >= 0.6 is 0 Å². The van der Waals surface area contributed by atoms with E-state index >= 15 is 0 Å². The first-order valence-electron chi connectivity index (χ1n) is 7.38. The molecule has 3 rings (SSSR count). The maximum absolute atomic E-state index is 3.71. The molecule has 1 heteroatoms. The highest BCUT2D eigenvalue weighted by Crippen LogP contribution is 2.36. The minimum absolute atomic E-state index is 0.543. The molecule has 1 aliphatic carbocycles. The van der Waals surface area contributed by atoms with Crippen molar-refractivity contribution in [3.05, 3.63) is 42.5 Å². The third-order valence-electron chi connectivity index (χ3n) is 4.46. The molecule has 2 aromatic carbocycles. The zero-order valence-electron chi connectivity index (χ0n) is 11.9. The molecule has 0 aromatic heterocycles. The number of nitrogens with one attached hydrogen (secondary N) is 1. The average Bonchev–Trinajstić information content (AvgIpc) is 2.41. The van der Waals surface area contributed by atoms with Gasteiger partial charge in [-0.2, -0.15) is 0 Å². The van der Waals surface area contributed by atoms with Gasteiger partial charge in [0, 0.05) is 11.7 Å². The SMILES string of the molecule is CC1(C)CCC(Nc2ccc3ccccc3c2)CC1. The summed E-state index contributed by atoms with van der Waals surface area (Å²) >= 11 is 0. The molecule has 1 saturated carbocycles. The Morgan fingerprint density at radius 1 is 0.947 bits per heavy atom. The molecule has 0 saturated heterocycles. The quantitative estimate of drug-likeness (QED) is 0.773. The van der Waals surface area contributed by atoms with Crippen molar-refractivity contribution < 1.29 is 0 Å². The second-order valence-electron chi connectivity index (χ2n) is 6.64. The lowest BCUT2D eigenvalue weighted by Gasteiger charge is -2.35. The Bertz CT molecular complexity index is 561. The van der Waals surface area contributed by atoms with Gasteiger partial charge in [-0.1, -0.05) is 44.2 Å². The molecule has 1 N–H and O–H groups in total. The fourth-order valence-electron chi connectivity index (χ4n) is 3.06. The largest absolute Gasteiger partial charge is 0.382 e. The smallest absolute Gasteiger partial charge is 0.0348 e. The van der Waals surface area contributed by atoms with E-state index in [0.717, 1.165) is 0 Å². The highest BCUT2D eigenvalue weighted by atomic mass is 14.9. The summed E-state index contributed by atoms with van der Waals surface area (Å²) in [5.41, 5.74) is 1.81. The van der Waals surface area contributed by atoms with Crippen LogP contribution in [0.5, 0.6) is 0 Å². The van der Waals surface area contributed by atoms with Crippen molar-refractivity contribution in [3.8, 4) is 0 Å². The Hall–Kier alpha value is -1.50. The number of hydrogen-bond acceptors (Lipinski definition) is 1. The molecule has 0 heterocycles. The van der Waals surface area contributed by atoms with Crippen molar-refractivity contribution in [1.82, 2.24) is 0 Å². The lowest BCUT2D eigenvalue weighted by molar-refractivity contribution is 0.232. The van der Waals surface area contributed by atoms with E-state index in [1.807, 2.05) is 0 Å². The molecule has 1 nitrogen and oxygen atoms in total. The third kappa shape index (κ3) is 2.91. The molecule has 0 bridgehead atoms. The Morgan fingerprint density at radius 3 is 2.37 bits per heavy atom. The molecule has 0 atom stereocenters. The average molecular weight is 253 g/mol. The molecule has 1 fully saturated rings. The lowest BCUT2D eigenvalue weighted by atomic mass is 9.75. The topological polar surface area (TPSA) is 12.0 Å². The van der Waals surface area contributed by atoms with Gasteiger partial charge in [-0.3, -0.25) is 0 Å². The van der Waals surface area contributed by atoms with Crippen LogP contribution in [0.25, 0.3) is 10.8 Å². The number of rotatable bonds is 2. The minimum atomic E-state index is 0.543. The Kier molecular flexibility index (Phi) is 3.22. The van der Waals surface area contributed by atoms with Gasteiger partial charge < -0.3 is 5.32 Å². The van der Waals surface area contributed by atoms with Crippen LogP contribution < -0.4 is 5.32 Å². The van der Waals surface area contributed by atoms with E-state index in [0.29, 0.717) is 11.5 Å². The molecular formula is C18H23N. The van der Waals surface area contributed by atoms with Crippen molar-refractivity contribution in [3.63, 3.8) is 0 Å². The van der Waals surface area contributed by atoms with E-state index in [9.17, 15) is 0 Å². The number of hydrogen-bond donors (Lipinski definition) is 1. The number of benzene rings is 2. The summed E-state index contributed by atoms with van der Waals surface area (Å²) in [6.07, 6.45) is 5.25. The second-order valence-corrected chi connectivity index (χ2v) is 6.64. The van der Waals surface area contributed by atoms with Crippen molar-refractivity contribution in [2.75, 3.05) is 5.32 Å². The summed E-state index contributed by atoms with van der Waals surface area (Å²) < 4.78 is 0. The van der Waals surface area contributed by atoms with Gasteiger partial charge in [0.1, 0.15) is 0 Å². The standard InChI is InChI=1S/C18H23N/c1-18(2)11-9-16(10-12-18)19-17-8-7-14-5-3-4-6-15(14)13-17/h3-8,13,16,19H,9-12H2,1-2H3. The highest BCUT2D eigenvalue weighted by Gasteiger charge is 2.26. The van der Waals surface area contributed by atoms with E-state index < -0.39 is 0 Å². The highest BCUT2D eigenvalue weighted by molar-refractivity contribution is 5.85. The first-order chi connectivity index (χ1) is 9.12. The van der Waals surface area contributed by atoms with Gasteiger partial charge in [0.15, 0.2) is 0 Å². The third-order valence-corrected chi connectivity index (χ3v) is 4.46. The molecule has 0 aliphatic heterocycles. The molecule has 0 radical (unpaired) electrons. The number of anilines is 1. The van der Waals surface area contributed by atoms with E-state index in [1.54, 1.807) is 0 Å². The van der Waals surface area contributed by atoms with Crippen molar-refractivity contribution in [2.24, 2.45) is 5.41 Å². The maximum Gasteiger partial charge on any atom is 0.0348 e. The molecule has 0 unspecified atom stereocenters. The van der Waals surface area contributed by atoms with Gasteiger partial charge >= 0.3 is 0 Å². The summed E-state index contributed by atoms with van der Waals surface area (Å²) in [6, 6.07) is 15.9. The van der Waals surface area contributed by atoms with Crippen LogP contribution in [0.4, 0.5) is 5.69 Å². The molecule has 100 valence electrons. The Labute approximate surface area is 116 Å². The van der Waals surface area contributed by atoms with E-state index in [-0.39, 0.29) is 0 Å². The van der Waals surface area contributed by atoms with Crippen LogP contribution in [0.1, 0.15) is 39.5 Å².